The number of carbonyl (C=O) groups is 1. The largest absolute Gasteiger partial charge is 0.463 e. The Morgan fingerprint density at radius 3 is 2.58 bits per heavy atom. The van der Waals surface area contributed by atoms with Crippen LogP contribution >= 0.6 is 0 Å². The minimum absolute atomic E-state index is 0.0229. The second kappa shape index (κ2) is 8.39. The SMILES string of the molecule is CCC(CNC=O)C1C=CC(OC(O)(O)O)=C(OC2(O)CCCC2)C1C. The molecule has 0 saturated heterocycles. The van der Waals surface area contributed by atoms with Gasteiger partial charge in [0.25, 0.3) is 0 Å². The fourth-order valence-electron chi connectivity index (χ4n) is 3.77. The molecular weight excluding hydrogens is 342 g/mol. The topological polar surface area (TPSA) is 128 Å². The van der Waals surface area contributed by atoms with Crippen molar-refractivity contribution in [3.8, 4) is 0 Å². The summed E-state index contributed by atoms with van der Waals surface area (Å²) in [4.78, 5) is 10.6. The molecule has 2 aliphatic rings. The van der Waals surface area contributed by atoms with Gasteiger partial charge < -0.3 is 35.2 Å². The molecular formula is C18H29NO7. The van der Waals surface area contributed by atoms with Gasteiger partial charge in [-0.1, -0.05) is 26.3 Å². The highest BCUT2D eigenvalue weighted by molar-refractivity contribution is 5.45. The van der Waals surface area contributed by atoms with Gasteiger partial charge in [0.2, 0.25) is 12.2 Å². The highest BCUT2D eigenvalue weighted by atomic mass is 16.9. The fraction of sp³-hybridized carbons (Fsp3) is 0.722. The van der Waals surface area contributed by atoms with E-state index in [2.05, 4.69) is 5.32 Å². The van der Waals surface area contributed by atoms with Gasteiger partial charge in [-0.05, 0) is 30.8 Å². The van der Waals surface area contributed by atoms with Gasteiger partial charge in [-0.15, -0.1) is 0 Å². The zero-order valence-electron chi connectivity index (χ0n) is 15.2. The second-order valence-corrected chi connectivity index (χ2v) is 7.08. The van der Waals surface area contributed by atoms with Crippen LogP contribution in [0.15, 0.2) is 23.7 Å². The van der Waals surface area contributed by atoms with E-state index in [9.17, 15) is 25.2 Å². The van der Waals surface area contributed by atoms with Crippen LogP contribution in [-0.4, -0.2) is 45.3 Å². The summed E-state index contributed by atoms with van der Waals surface area (Å²) in [5.41, 5.74) is 0. The Morgan fingerprint density at radius 2 is 2.04 bits per heavy atom. The van der Waals surface area contributed by atoms with Gasteiger partial charge in [-0.25, -0.2) is 0 Å². The van der Waals surface area contributed by atoms with E-state index < -0.39 is 11.9 Å². The summed E-state index contributed by atoms with van der Waals surface area (Å²) in [6.07, 6.45) is 4.05. The third kappa shape index (κ3) is 5.20. The predicted octanol–water partition coefficient (Wildman–Crippen LogP) is 0.676. The number of hydrogen-bond acceptors (Lipinski definition) is 7. The molecule has 0 aromatic heterocycles. The molecule has 148 valence electrons. The molecule has 0 spiro atoms. The standard InChI is InChI=1S/C18H29NO7/c1-3-13(10-19-11-20)14-6-7-15(25-18(22,23)24)16(12(14)2)26-17(21)8-4-5-9-17/h6-7,11-14,21-24H,3-5,8-10H2,1-2H3,(H,19,20). The predicted molar refractivity (Wildman–Crippen MR) is 91.6 cm³/mol. The third-order valence-electron chi connectivity index (χ3n) is 5.17. The van der Waals surface area contributed by atoms with E-state index in [1.54, 1.807) is 0 Å². The molecule has 5 N–H and O–H groups in total. The zero-order valence-corrected chi connectivity index (χ0v) is 15.2. The minimum atomic E-state index is -3.34. The fourth-order valence-corrected chi connectivity index (χ4v) is 3.77. The summed E-state index contributed by atoms with van der Waals surface area (Å²) in [6.45, 7) is 4.37. The molecule has 1 saturated carbocycles. The van der Waals surface area contributed by atoms with Crippen LogP contribution in [0.3, 0.4) is 0 Å². The van der Waals surface area contributed by atoms with Crippen LogP contribution < -0.4 is 5.32 Å². The molecule has 0 bridgehead atoms. The molecule has 0 aromatic rings. The maximum Gasteiger partial charge on any atom is 0.453 e. The van der Waals surface area contributed by atoms with Crippen molar-refractivity contribution >= 4 is 6.41 Å². The highest BCUT2D eigenvalue weighted by Gasteiger charge is 2.40. The second-order valence-electron chi connectivity index (χ2n) is 7.08. The van der Waals surface area contributed by atoms with Crippen LogP contribution in [0.4, 0.5) is 0 Å². The number of hydrogen-bond donors (Lipinski definition) is 5. The van der Waals surface area contributed by atoms with Crippen LogP contribution in [0.5, 0.6) is 0 Å². The number of aliphatic hydroxyl groups is 4. The number of allylic oxidation sites excluding steroid dienone is 3. The van der Waals surface area contributed by atoms with E-state index in [0.717, 1.165) is 19.3 Å². The summed E-state index contributed by atoms with van der Waals surface area (Å²) in [6, 6.07) is 0. The molecule has 8 nitrogen and oxygen atoms in total. The van der Waals surface area contributed by atoms with Gasteiger partial charge in [0.05, 0.1) is 0 Å². The zero-order chi connectivity index (χ0) is 19.4. The van der Waals surface area contributed by atoms with Crippen LogP contribution in [-0.2, 0) is 14.3 Å². The van der Waals surface area contributed by atoms with Gasteiger partial charge in [0.1, 0.15) is 5.76 Å². The molecule has 2 aliphatic carbocycles. The lowest BCUT2D eigenvalue weighted by molar-refractivity contribution is -0.441. The number of carbonyl (C=O) groups excluding carboxylic acids is 1. The first kappa shape index (κ1) is 20.7. The Hall–Kier alpha value is -1.61. The van der Waals surface area contributed by atoms with Gasteiger partial charge >= 0.3 is 6.16 Å². The molecule has 0 radical (unpaired) electrons. The molecule has 8 heteroatoms. The number of amides is 1. The smallest absolute Gasteiger partial charge is 0.453 e. The molecule has 1 amide bonds. The third-order valence-corrected chi connectivity index (χ3v) is 5.17. The molecule has 26 heavy (non-hydrogen) atoms. The van der Waals surface area contributed by atoms with E-state index >= 15 is 0 Å². The Labute approximate surface area is 153 Å². The highest BCUT2D eigenvalue weighted by Crippen LogP contribution is 2.41. The van der Waals surface area contributed by atoms with Crippen molar-refractivity contribution in [2.45, 2.75) is 57.9 Å². The van der Waals surface area contributed by atoms with Crippen molar-refractivity contribution in [1.82, 2.24) is 5.32 Å². The van der Waals surface area contributed by atoms with Gasteiger partial charge in [-0.2, -0.15) is 0 Å². The van der Waals surface area contributed by atoms with Gasteiger partial charge in [-0.3, -0.25) is 4.79 Å². The van der Waals surface area contributed by atoms with Crippen molar-refractivity contribution in [3.05, 3.63) is 23.7 Å². The minimum Gasteiger partial charge on any atom is -0.463 e. The first-order chi connectivity index (χ1) is 12.2. The van der Waals surface area contributed by atoms with Gasteiger partial charge in [0.15, 0.2) is 5.76 Å². The first-order valence-electron chi connectivity index (χ1n) is 9.06. The first-order valence-corrected chi connectivity index (χ1v) is 9.06. The maximum atomic E-state index is 10.6. The Morgan fingerprint density at radius 1 is 1.38 bits per heavy atom. The summed E-state index contributed by atoms with van der Waals surface area (Å²) >= 11 is 0. The quantitative estimate of drug-likeness (QED) is 0.298. The number of rotatable bonds is 9. The Balaban J connectivity index is 2.28. The molecule has 2 rings (SSSR count). The van der Waals surface area contributed by atoms with Crippen molar-refractivity contribution in [2.75, 3.05) is 6.54 Å². The summed E-state index contributed by atoms with van der Waals surface area (Å²) < 4.78 is 10.7. The monoisotopic (exact) mass is 371 g/mol. The number of ether oxygens (including phenoxy) is 2. The molecule has 0 heterocycles. The van der Waals surface area contributed by atoms with Crippen molar-refractivity contribution < 1.29 is 34.7 Å². The van der Waals surface area contributed by atoms with E-state index in [-0.39, 0.29) is 29.3 Å². The van der Waals surface area contributed by atoms with E-state index in [4.69, 9.17) is 9.47 Å². The van der Waals surface area contributed by atoms with Crippen LogP contribution in [0.2, 0.25) is 0 Å². The maximum absolute atomic E-state index is 10.6. The summed E-state index contributed by atoms with van der Waals surface area (Å²) in [5.74, 6) is -1.29. The molecule has 3 unspecified atom stereocenters. The van der Waals surface area contributed by atoms with Crippen molar-refractivity contribution in [3.63, 3.8) is 0 Å². The lowest BCUT2D eigenvalue weighted by Gasteiger charge is -2.37. The van der Waals surface area contributed by atoms with Crippen molar-refractivity contribution in [2.24, 2.45) is 17.8 Å². The van der Waals surface area contributed by atoms with E-state index in [1.165, 1.54) is 6.08 Å². The average Bonchev–Trinajstić information content (AvgIpc) is 2.98. The van der Waals surface area contributed by atoms with Crippen molar-refractivity contribution in [1.29, 1.82) is 0 Å². The van der Waals surface area contributed by atoms with E-state index in [1.807, 2.05) is 19.9 Å². The molecule has 0 aliphatic heterocycles. The number of nitrogens with one attached hydrogen (secondary N) is 1. The lowest BCUT2D eigenvalue weighted by atomic mass is 9.77. The summed E-state index contributed by atoms with van der Waals surface area (Å²) in [5, 5.41) is 40.9. The molecule has 3 atom stereocenters. The Bertz CT molecular complexity index is 546. The van der Waals surface area contributed by atoms with Crippen LogP contribution in [0.1, 0.15) is 46.0 Å². The Kier molecular flexibility index (Phi) is 6.68. The van der Waals surface area contributed by atoms with Crippen LogP contribution in [0.25, 0.3) is 0 Å². The molecule has 1 fully saturated rings. The summed E-state index contributed by atoms with van der Waals surface area (Å²) in [7, 11) is 0. The van der Waals surface area contributed by atoms with Crippen LogP contribution in [0, 0.1) is 17.8 Å². The molecule has 0 aromatic carbocycles. The van der Waals surface area contributed by atoms with Gasteiger partial charge in [0, 0.05) is 25.3 Å². The lowest BCUT2D eigenvalue weighted by Crippen LogP contribution is -2.38. The van der Waals surface area contributed by atoms with E-state index in [0.29, 0.717) is 25.8 Å². The average molecular weight is 371 g/mol. The normalized spacial score (nSPS) is 26.5.